The van der Waals surface area contributed by atoms with Gasteiger partial charge in [0.2, 0.25) is 0 Å². The number of furan rings is 1. The van der Waals surface area contributed by atoms with E-state index in [9.17, 15) is 0 Å². The van der Waals surface area contributed by atoms with Gasteiger partial charge >= 0.3 is 0 Å². The van der Waals surface area contributed by atoms with E-state index in [4.69, 9.17) is 4.42 Å². The number of H-pyrrole nitrogens is 1. The predicted molar refractivity (Wildman–Crippen MR) is 66.5 cm³/mol. The largest absolute Gasteiger partial charge is 0.458 e. The minimum absolute atomic E-state index is 0.761. The maximum Gasteiger partial charge on any atom is 0.173 e. The van der Waals surface area contributed by atoms with Gasteiger partial charge in [-0.05, 0) is 24.6 Å². The number of hydrogen-bond donors (Lipinski definition) is 1. The highest BCUT2D eigenvalue weighted by molar-refractivity contribution is 5.62. The van der Waals surface area contributed by atoms with Crippen LogP contribution in [-0.2, 0) is 0 Å². The fraction of sp³-hybridized carbons (Fsp3) is 0.0714. The molecule has 17 heavy (non-hydrogen) atoms. The Kier molecular flexibility index (Phi) is 2.29. The van der Waals surface area contributed by atoms with Crippen molar-refractivity contribution in [2.75, 3.05) is 0 Å². The molecule has 0 aliphatic rings. The number of imidazole rings is 1. The van der Waals surface area contributed by atoms with E-state index in [1.807, 2.05) is 55.6 Å². The van der Waals surface area contributed by atoms with Gasteiger partial charge in [0.1, 0.15) is 5.76 Å². The van der Waals surface area contributed by atoms with Crippen LogP contribution in [0.1, 0.15) is 5.76 Å². The molecule has 3 heteroatoms. The Morgan fingerprint density at radius 3 is 2.59 bits per heavy atom. The normalized spacial score (nSPS) is 10.6. The minimum Gasteiger partial charge on any atom is -0.458 e. The first-order valence-corrected chi connectivity index (χ1v) is 5.50. The Morgan fingerprint density at radius 2 is 1.88 bits per heavy atom. The van der Waals surface area contributed by atoms with Crippen LogP contribution in [0.3, 0.4) is 0 Å². The Balaban J connectivity index is 1.99. The summed E-state index contributed by atoms with van der Waals surface area (Å²) in [4.78, 5) is 7.58. The van der Waals surface area contributed by atoms with E-state index in [1.54, 1.807) is 0 Å². The third-order valence-corrected chi connectivity index (χ3v) is 2.63. The predicted octanol–water partition coefficient (Wildman–Crippen LogP) is 3.65. The van der Waals surface area contributed by atoms with Crippen molar-refractivity contribution in [1.29, 1.82) is 0 Å². The van der Waals surface area contributed by atoms with E-state index >= 15 is 0 Å². The third-order valence-electron chi connectivity index (χ3n) is 2.63. The molecule has 1 aromatic carbocycles. The molecule has 0 spiro atoms. The summed E-state index contributed by atoms with van der Waals surface area (Å²) in [5.74, 6) is 2.42. The summed E-state index contributed by atoms with van der Waals surface area (Å²) in [5.41, 5.74) is 2.11. The van der Waals surface area contributed by atoms with E-state index in [0.29, 0.717) is 0 Å². The van der Waals surface area contributed by atoms with Crippen molar-refractivity contribution in [3.05, 3.63) is 54.4 Å². The molecule has 2 aromatic heterocycles. The summed E-state index contributed by atoms with van der Waals surface area (Å²) in [7, 11) is 0. The molecule has 2 heterocycles. The molecule has 3 rings (SSSR count). The quantitative estimate of drug-likeness (QED) is 0.722. The fourth-order valence-corrected chi connectivity index (χ4v) is 1.77. The lowest BCUT2D eigenvalue weighted by atomic mass is 10.2. The van der Waals surface area contributed by atoms with Gasteiger partial charge in [-0.15, -0.1) is 0 Å². The average molecular weight is 224 g/mol. The van der Waals surface area contributed by atoms with Gasteiger partial charge in [0.15, 0.2) is 11.6 Å². The summed E-state index contributed by atoms with van der Waals surface area (Å²) >= 11 is 0. The summed E-state index contributed by atoms with van der Waals surface area (Å²) in [6.45, 7) is 1.92. The summed E-state index contributed by atoms with van der Waals surface area (Å²) in [6, 6.07) is 14.0. The van der Waals surface area contributed by atoms with Crippen LogP contribution >= 0.6 is 0 Å². The highest BCUT2D eigenvalue weighted by atomic mass is 16.3. The molecule has 0 radical (unpaired) electrons. The summed E-state index contributed by atoms with van der Waals surface area (Å²) in [5, 5.41) is 0. The van der Waals surface area contributed by atoms with Gasteiger partial charge < -0.3 is 9.40 Å². The molecular weight excluding hydrogens is 212 g/mol. The van der Waals surface area contributed by atoms with Crippen LogP contribution in [0.25, 0.3) is 22.8 Å². The van der Waals surface area contributed by atoms with Crippen molar-refractivity contribution in [2.24, 2.45) is 0 Å². The van der Waals surface area contributed by atoms with E-state index in [0.717, 1.165) is 28.6 Å². The molecule has 0 amide bonds. The van der Waals surface area contributed by atoms with E-state index in [-0.39, 0.29) is 0 Å². The molecular formula is C14H12N2O. The van der Waals surface area contributed by atoms with Crippen molar-refractivity contribution < 1.29 is 4.42 Å². The Labute approximate surface area is 99.1 Å². The first-order valence-electron chi connectivity index (χ1n) is 5.50. The summed E-state index contributed by atoms with van der Waals surface area (Å²) in [6.07, 6.45) is 1.82. The van der Waals surface area contributed by atoms with Crippen molar-refractivity contribution >= 4 is 0 Å². The van der Waals surface area contributed by atoms with Gasteiger partial charge in [0.25, 0.3) is 0 Å². The smallest absolute Gasteiger partial charge is 0.173 e. The molecule has 0 unspecified atom stereocenters. The van der Waals surface area contributed by atoms with Gasteiger partial charge in [0.05, 0.1) is 11.9 Å². The second-order valence-electron chi connectivity index (χ2n) is 3.92. The molecule has 0 saturated heterocycles. The Hall–Kier alpha value is -2.29. The monoisotopic (exact) mass is 224 g/mol. The van der Waals surface area contributed by atoms with Crippen molar-refractivity contribution in [1.82, 2.24) is 9.97 Å². The van der Waals surface area contributed by atoms with E-state index in [1.165, 1.54) is 0 Å². The molecule has 0 aliphatic heterocycles. The molecule has 0 fully saturated rings. The molecule has 0 bridgehead atoms. The topological polar surface area (TPSA) is 41.8 Å². The first-order chi connectivity index (χ1) is 8.33. The van der Waals surface area contributed by atoms with Crippen molar-refractivity contribution in [3.8, 4) is 22.8 Å². The second kappa shape index (κ2) is 3.94. The number of hydrogen-bond acceptors (Lipinski definition) is 2. The molecule has 0 saturated carbocycles. The van der Waals surface area contributed by atoms with Gasteiger partial charge in [-0.25, -0.2) is 4.98 Å². The Bertz CT molecular complexity index is 622. The zero-order chi connectivity index (χ0) is 11.7. The van der Waals surface area contributed by atoms with Gasteiger partial charge in [-0.3, -0.25) is 0 Å². The number of nitrogens with zero attached hydrogens (tertiary/aromatic N) is 1. The molecule has 0 atom stereocenters. The highest BCUT2D eigenvalue weighted by Crippen LogP contribution is 2.23. The van der Waals surface area contributed by atoms with Crippen molar-refractivity contribution in [3.63, 3.8) is 0 Å². The van der Waals surface area contributed by atoms with E-state index < -0.39 is 0 Å². The molecule has 84 valence electrons. The third kappa shape index (κ3) is 1.87. The average Bonchev–Trinajstić information content (AvgIpc) is 2.98. The standard InChI is InChI=1S/C14H12N2O/c1-10-7-8-13(17-10)14-15-9-12(16-14)11-5-3-2-4-6-11/h2-9H,1H3,(H,15,16). The maximum atomic E-state index is 5.52. The number of rotatable bonds is 2. The fourth-order valence-electron chi connectivity index (χ4n) is 1.77. The lowest BCUT2D eigenvalue weighted by molar-refractivity contribution is 0.545. The molecule has 3 aromatic rings. The molecule has 3 nitrogen and oxygen atoms in total. The number of nitrogens with one attached hydrogen (secondary N) is 1. The lowest BCUT2D eigenvalue weighted by Crippen LogP contribution is -1.78. The number of aromatic amines is 1. The minimum atomic E-state index is 0.761. The molecule has 1 N–H and O–H groups in total. The van der Waals surface area contributed by atoms with Crippen LogP contribution in [-0.4, -0.2) is 9.97 Å². The zero-order valence-corrected chi connectivity index (χ0v) is 9.47. The van der Waals surface area contributed by atoms with Gasteiger partial charge in [0, 0.05) is 0 Å². The van der Waals surface area contributed by atoms with Crippen LogP contribution in [0, 0.1) is 6.92 Å². The maximum absolute atomic E-state index is 5.52. The lowest BCUT2D eigenvalue weighted by Gasteiger charge is -1.95. The SMILES string of the molecule is Cc1ccc(-c2ncc(-c3ccccc3)[nH]2)o1. The van der Waals surface area contributed by atoms with E-state index in [2.05, 4.69) is 9.97 Å². The Morgan fingerprint density at radius 1 is 1.06 bits per heavy atom. The van der Waals surface area contributed by atoms with Crippen LogP contribution in [0.4, 0.5) is 0 Å². The van der Waals surface area contributed by atoms with Crippen LogP contribution in [0.2, 0.25) is 0 Å². The summed E-state index contributed by atoms with van der Waals surface area (Å²) < 4.78 is 5.52. The van der Waals surface area contributed by atoms with Crippen molar-refractivity contribution in [2.45, 2.75) is 6.92 Å². The molecule has 0 aliphatic carbocycles. The van der Waals surface area contributed by atoms with Gasteiger partial charge in [-0.2, -0.15) is 0 Å². The van der Waals surface area contributed by atoms with Crippen LogP contribution in [0.5, 0.6) is 0 Å². The second-order valence-corrected chi connectivity index (χ2v) is 3.92. The van der Waals surface area contributed by atoms with Crippen LogP contribution in [0.15, 0.2) is 53.1 Å². The number of aryl methyl sites for hydroxylation is 1. The first kappa shape index (κ1) is 9.90. The zero-order valence-electron chi connectivity index (χ0n) is 9.47. The van der Waals surface area contributed by atoms with Crippen LogP contribution < -0.4 is 0 Å². The number of benzene rings is 1. The highest BCUT2D eigenvalue weighted by Gasteiger charge is 2.07. The number of aromatic nitrogens is 2. The van der Waals surface area contributed by atoms with Gasteiger partial charge in [-0.1, -0.05) is 30.3 Å².